The van der Waals surface area contributed by atoms with Crippen molar-refractivity contribution >= 4 is 47.6 Å². The summed E-state index contributed by atoms with van der Waals surface area (Å²) in [6.45, 7) is 1.66. The van der Waals surface area contributed by atoms with Gasteiger partial charge >= 0.3 is 35.8 Å². The van der Waals surface area contributed by atoms with Crippen molar-refractivity contribution in [2.75, 3.05) is 19.5 Å². The molecule has 7 rings (SSSR count). The lowest BCUT2D eigenvalue weighted by Crippen LogP contribution is -2.67. The molecule has 2 heterocycles. The van der Waals surface area contributed by atoms with Crippen LogP contribution in [0, 0.1) is 0 Å². The Balaban J connectivity index is 1.36. The van der Waals surface area contributed by atoms with Crippen molar-refractivity contribution in [3.05, 3.63) is 174 Å². The van der Waals surface area contributed by atoms with Crippen LogP contribution in [0.4, 0.5) is 0 Å². The molecule has 5 aromatic carbocycles. The molecule has 5 aromatic rings. The van der Waals surface area contributed by atoms with Crippen molar-refractivity contribution in [2.24, 2.45) is 0 Å². The maximum absolute atomic E-state index is 14.2. The maximum Gasteiger partial charge on any atom is 0.338 e. The zero-order chi connectivity index (χ0) is 48.0. The first kappa shape index (κ1) is 49.0. The molecular formula is C51H48O16S. The summed E-state index contributed by atoms with van der Waals surface area (Å²) in [6, 6.07) is 41.0. The highest BCUT2D eigenvalue weighted by atomic mass is 32.2. The average Bonchev–Trinajstić information content (AvgIpc) is 3.36. The smallest absolute Gasteiger partial charge is 0.338 e. The van der Waals surface area contributed by atoms with Crippen molar-refractivity contribution in [1.82, 2.24) is 0 Å². The second kappa shape index (κ2) is 23.7. The van der Waals surface area contributed by atoms with Crippen molar-refractivity contribution in [2.45, 2.75) is 80.2 Å². The number of hydrogen-bond donors (Lipinski definition) is 0. The monoisotopic (exact) mass is 948 g/mol. The minimum absolute atomic E-state index is 0.0740. The number of thioether (sulfide) groups is 1. The Kier molecular flexibility index (Phi) is 17.1. The van der Waals surface area contributed by atoms with Crippen LogP contribution in [0.5, 0.6) is 0 Å². The lowest BCUT2D eigenvalue weighted by atomic mass is 9.96. The normalized spacial score (nSPS) is 24.3. The van der Waals surface area contributed by atoms with E-state index >= 15 is 0 Å². The van der Waals surface area contributed by atoms with E-state index in [-0.39, 0.29) is 28.0 Å². The molecule has 2 aliphatic heterocycles. The molecule has 17 heteroatoms. The average molecular weight is 949 g/mol. The lowest BCUT2D eigenvalue weighted by molar-refractivity contribution is -0.352. The Morgan fingerprint density at radius 2 is 0.824 bits per heavy atom. The standard InChI is InChI=1S/C51H48O16S/c1-31(52)60-42-41(39(30-68-37-27-17-8-18-28-37)63-50(58-3)44(42)61-32(2)53)67-51-45(66-49(57)36-25-15-7-16-26-36)43(65-48(56)35-23-13-6-14-24-35)40(64-47(55)34-21-11-5-12-22-34)38(62-51)29-59-46(54)33-19-9-4-10-20-33/h4-28,38-45,50-51H,29-30H2,1-3H3/t38-,39-,40-,41-,42+,43+,44-,45-,50+,51+/m1/s1. The van der Waals surface area contributed by atoms with Gasteiger partial charge in [0.1, 0.15) is 24.9 Å². The van der Waals surface area contributed by atoms with E-state index in [1.54, 1.807) is 72.8 Å². The molecule has 0 spiro atoms. The Morgan fingerprint density at radius 3 is 1.29 bits per heavy atom. The van der Waals surface area contributed by atoms with E-state index in [1.165, 1.54) is 67.4 Å². The summed E-state index contributed by atoms with van der Waals surface area (Å²) < 4.78 is 61.5. The lowest BCUT2D eigenvalue weighted by Gasteiger charge is -2.48. The highest BCUT2D eigenvalue weighted by molar-refractivity contribution is 7.99. The van der Waals surface area contributed by atoms with E-state index in [4.69, 9.17) is 47.4 Å². The Hall–Kier alpha value is -6.89. The quantitative estimate of drug-likeness (QED) is 0.0545. The number of ether oxygens (including phenoxy) is 10. The number of carbonyl (C=O) groups is 6. The number of carbonyl (C=O) groups excluding carboxylic acids is 6. The van der Waals surface area contributed by atoms with Crippen molar-refractivity contribution in [3.63, 3.8) is 0 Å². The summed E-state index contributed by atoms with van der Waals surface area (Å²) >= 11 is 1.35. The van der Waals surface area contributed by atoms with E-state index in [9.17, 15) is 28.8 Å². The van der Waals surface area contributed by atoms with Gasteiger partial charge in [-0.1, -0.05) is 91.0 Å². The summed E-state index contributed by atoms with van der Waals surface area (Å²) in [5.41, 5.74) is 0.434. The molecule has 16 nitrogen and oxygen atoms in total. The van der Waals surface area contributed by atoms with Gasteiger partial charge in [-0.2, -0.15) is 0 Å². The summed E-state index contributed by atoms with van der Waals surface area (Å²) in [7, 11) is 1.32. The van der Waals surface area contributed by atoms with Gasteiger partial charge in [0.25, 0.3) is 0 Å². The highest BCUT2D eigenvalue weighted by Crippen LogP contribution is 2.37. The van der Waals surface area contributed by atoms with Gasteiger partial charge in [-0.15, -0.1) is 11.8 Å². The maximum atomic E-state index is 14.2. The van der Waals surface area contributed by atoms with Crippen LogP contribution in [0.15, 0.2) is 157 Å². The molecule has 0 N–H and O–H groups in total. The van der Waals surface area contributed by atoms with Crippen LogP contribution in [0.3, 0.4) is 0 Å². The van der Waals surface area contributed by atoms with Gasteiger partial charge in [0.05, 0.1) is 22.3 Å². The molecule has 0 bridgehead atoms. The molecule has 2 fully saturated rings. The van der Waals surface area contributed by atoms with Crippen molar-refractivity contribution in [3.8, 4) is 0 Å². The molecule has 354 valence electrons. The Morgan fingerprint density at radius 1 is 0.441 bits per heavy atom. The fourth-order valence-electron chi connectivity index (χ4n) is 7.50. The van der Waals surface area contributed by atoms with Crippen LogP contribution in [0.1, 0.15) is 55.3 Å². The van der Waals surface area contributed by atoms with Crippen LogP contribution in [0.25, 0.3) is 0 Å². The molecule has 0 amide bonds. The number of rotatable bonds is 17. The summed E-state index contributed by atoms with van der Waals surface area (Å²) in [4.78, 5) is 82.4. The predicted octanol–water partition coefficient (Wildman–Crippen LogP) is 6.66. The third-order valence-corrected chi connectivity index (χ3v) is 11.7. The van der Waals surface area contributed by atoms with Crippen LogP contribution in [-0.2, 0) is 57.0 Å². The molecule has 2 aliphatic rings. The predicted molar refractivity (Wildman–Crippen MR) is 241 cm³/mol. The second-order valence-electron chi connectivity index (χ2n) is 15.4. The molecule has 0 aromatic heterocycles. The summed E-state index contributed by atoms with van der Waals surface area (Å²) in [5, 5.41) is 0. The number of benzene rings is 5. The van der Waals surface area contributed by atoms with Crippen LogP contribution in [-0.4, -0.2) is 117 Å². The van der Waals surface area contributed by atoms with Gasteiger partial charge in [0.15, 0.2) is 43.1 Å². The van der Waals surface area contributed by atoms with E-state index in [0.717, 1.165) is 18.7 Å². The highest BCUT2D eigenvalue weighted by Gasteiger charge is 2.58. The van der Waals surface area contributed by atoms with Crippen LogP contribution < -0.4 is 0 Å². The minimum atomic E-state index is -1.84. The molecule has 0 saturated carbocycles. The van der Waals surface area contributed by atoms with Crippen molar-refractivity contribution < 1.29 is 76.1 Å². The molecule has 10 atom stereocenters. The minimum Gasteiger partial charge on any atom is -0.459 e. The first-order valence-corrected chi connectivity index (χ1v) is 22.5. The number of esters is 6. The zero-order valence-corrected chi connectivity index (χ0v) is 37.9. The van der Waals surface area contributed by atoms with Gasteiger partial charge in [0, 0.05) is 31.6 Å². The molecule has 0 aliphatic carbocycles. The fourth-order valence-corrected chi connectivity index (χ4v) is 8.47. The van der Waals surface area contributed by atoms with Crippen molar-refractivity contribution in [1.29, 1.82) is 0 Å². The van der Waals surface area contributed by atoms with E-state index in [1.807, 2.05) is 30.3 Å². The first-order valence-electron chi connectivity index (χ1n) is 21.5. The molecule has 0 radical (unpaired) electrons. The first-order chi connectivity index (χ1) is 33.0. The largest absolute Gasteiger partial charge is 0.459 e. The second-order valence-corrected chi connectivity index (χ2v) is 16.5. The van der Waals surface area contributed by atoms with Gasteiger partial charge in [-0.3, -0.25) is 9.59 Å². The van der Waals surface area contributed by atoms with Crippen LogP contribution >= 0.6 is 11.8 Å². The number of methoxy groups -OCH3 is 1. The van der Waals surface area contributed by atoms with E-state index in [0.29, 0.717) is 0 Å². The van der Waals surface area contributed by atoms with Gasteiger partial charge in [-0.05, 0) is 60.7 Å². The summed E-state index contributed by atoms with van der Waals surface area (Å²) in [6.07, 6.45) is -15.3. The number of hydrogen-bond acceptors (Lipinski definition) is 17. The Bertz CT molecular complexity index is 2460. The molecular weight excluding hydrogens is 901 g/mol. The summed E-state index contributed by atoms with van der Waals surface area (Å²) in [5.74, 6) is -4.98. The van der Waals surface area contributed by atoms with Gasteiger partial charge < -0.3 is 47.4 Å². The topological polar surface area (TPSA) is 195 Å². The molecule has 2 saturated heterocycles. The molecule has 0 unspecified atom stereocenters. The van der Waals surface area contributed by atoms with Gasteiger partial charge in [-0.25, -0.2) is 19.2 Å². The molecule has 68 heavy (non-hydrogen) atoms. The van der Waals surface area contributed by atoms with E-state index < -0.39 is 104 Å². The van der Waals surface area contributed by atoms with Crippen LogP contribution in [0.2, 0.25) is 0 Å². The Labute approximate surface area is 396 Å². The third kappa shape index (κ3) is 12.8. The zero-order valence-electron chi connectivity index (χ0n) is 37.1. The SMILES string of the molecule is CO[C@H]1O[C@H](CSc2ccccc2)[C@@H](O[C@@H]2O[C@H](COC(=O)c3ccccc3)[C@@H](OC(=O)c3ccccc3)[C@H](OC(=O)c3ccccc3)[C@H]2OC(=O)c2ccccc2)[C@H](OC(C)=O)[C@H]1OC(C)=O. The van der Waals surface area contributed by atoms with E-state index in [2.05, 4.69) is 0 Å². The van der Waals surface area contributed by atoms with Gasteiger partial charge in [0.2, 0.25) is 0 Å². The third-order valence-electron chi connectivity index (χ3n) is 10.6. The fraction of sp³-hybridized carbons (Fsp3) is 0.294.